The van der Waals surface area contributed by atoms with Gasteiger partial charge in [0.15, 0.2) is 0 Å². The molecule has 11 aromatic rings. The molecule has 0 saturated heterocycles. The summed E-state index contributed by atoms with van der Waals surface area (Å²) in [6.07, 6.45) is 16.5. The molecule has 2 aliphatic rings. The summed E-state index contributed by atoms with van der Waals surface area (Å²) < 4.78 is 0. The van der Waals surface area contributed by atoms with E-state index in [9.17, 15) is 4.79 Å². The van der Waals surface area contributed by atoms with E-state index in [1.807, 2.05) is 80.6 Å². The van der Waals surface area contributed by atoms with Crippen molar-refractivity contribution in [1.82, 2.24) is 30.6 Å². The number of rotatable bonds is 15. The van der Waals surface area contributed by atoms with Gasteiger partial charge in [-0.3, -0.25) is 19.7 Å². The molecule has 0 fully saturated rings. The summed E-state index contributed by atoms with van der Waals surface area (Å²) in [5, 5.41) is 10.4. The predicted octanol–water partition coefficient (Wildman–Crippen LogP) is 18.0. The first-order valence-electron chi connectivity index (χ1n) is 30.6. The van der Waals surface area contributed by atoms with Crippen LogP contribution in [0, 0.1) is 6.92 Å². The number of nitrogens with one attached hydrogen (secondary N) is 3. The van der Waals surface area contributed by atoms with Crippen molar-refractivity contribution in [3.8, 4) is 0 Å². The van der Waals surface area contributed by atoms with Gasteiger partial charge in [0.25, 0.3) is 0 Å². The lowest BCUT2D eigenvalue weighted by atomic mass is 9.71. The van der Waals surface area contributed by atoms with Crippen molar-refractivity contribution in [2.45, 2.75) is 83.0 Å². The molecule has 4 aromatic heterocycles. The molecule has 2 unspecified atom stereocenters. The lowest BCUT2D eigenvalue weighted by Gasteiger charge is -2.37. The highest BCUT2D eigenvalue weighted by molar-refractivity contribution is 5.81. The van der Waals surface area contributed by atoms with E-state index < -0.39 is 5.41 Å². The average Bonchev–Trinajstić information content (AvgIpc) is 1.00. The van der Waals surface area contributed by atoms with Gasteiger partial charge in [0.1, 0.15) is 0 Å². The lowest BCUT2D eigenvalue weighted by molar-refractivity contribution is 0.446. The van der Waals surface area contributed by atoms with Gasteiger partial charge in [-0.15, -0.1) is 0 Å². The maximum absolute atomic E-state index is 12.4. The topological polar surface area (TPSA) is 95.6 Å². The van der Waals surface area contributed by atoms with Crippen LogP contribution in [0.2, 0.25) is 0 Å². The van der Waals surface area contributed by atoms with Gasteiger partial charge >= 0.3 is 0 Å². The molecule has 0 spiro atoms. The van der Waals surface area contributed by atoms with Gasteiger partial charge in [-0.1, -0.05) is 240 Å². The van der Waals surface area contributed by atoms with Gasteiger partial charge in [0, 0.05) is 50.7 Å². The molecule has 2 aliphatic heterocycles. The van der Waals surface area contributed by atoms with Gasteiger partial charge < -0.3 is 15.6 Å². The van der Waals surface area contributed by atoms with Crippen molar-refractivity contribution in [3.63, 3.8) is 0 Å². The number of hydrogen-bond acceptors (Lipinski definition) is 6. The average molecular weight is 1150 g/mol. The number of benzene rings is 7. The Morgan fingerprint density at radius 3 is 1.35 bits per heavy atom. The Hall–Kier alpha value is -10.2. The molecule has 0 bridgehead atoms. The Morgan fingerprint density at radius 1 is 0.420 bits per heavy atom. The molecule has 0 saturated carbocycles. The highest BCUT2D eigenvalue weighted by Crippen LogP contribution is 2.41. The Kier molecular flexibility index (Phi) is 19.6. The number of allylic oxidation sites excluding steroid dienone is 8. The third-order valence-electron chi connectivity index (χ3n) is 16.7. The molecular weight excluding hydrogens is 1070 g/mol. The fourth-order valence-corrected chi connectivity index (χ4v) is 12.1. The number of pyridine rings is 4. The fraction of sp³-hybridized carbons (Fsp3) is 0.160. The van der Waals surface area contributed by atoms with Crippen molar-refractivity contribution in [2.75, 3.05) is 0 Å². The highest BCUT2D eigenvalue weighted by atomic mass is 16.1. The first-order chi connectivity index (χ1) is 43.0. The zero-order valence-electron chi connectivity index (χ0n) is 51.3. The van der Waals surface area contributed by atoms with Crippen molar-refractivity contribution >= 4 is 32.7 Å². The zero-order valence-corrected chi connectivity index (χ0v) is 51.3. The number of dihydropyridines is 2. The smallest absolute Gasteiger partial charge is 0.248 e. The monoisotopic (exact) mass is 1150 g/mol. The van der Waals surface area contributed by atoms with Crippen LogP contribution in [0.3, 0.4) is 0 Å². The minimum absolute atomic E-state index is 0.103. The Morgan fingerprint density at radius 2 is 0.841 bits per heavy atom. The van der Waals surface area contributed by atoms with Crippen LogP contribution in [0.1, 0.15) is 84.7 Å². The normalized spacial score (nSPS) is 14.0. The minimum Gasteiger partial charge on any atom is -0.359 e. The first kappa shape index (κ1) is 60.9. The molecule has 0 aliphatic carbocycles. The third kappa shape index (κ3) is 14.2. The van der Waals surface area contributed by atoms with Gasteiger partial charge in [0.05, 0.1) is 49.9 Å². The van der Waals surface area contributed by atoms with E-state index >= 15 is 0 Å². The molecule has 0 radical (unpaired) electrons. The molecule has 0 amide bonds. The SMILES string of the molecule is C=C1C=CC=C(C(C)(Cc2ccccc2)c2ccc3ccccc3n2)N1.C=C1C=CC=C(C(CC)(Cc2ccccc2)c2ccc3cc(C)ccc3n2)N1.CC.O=c1cccc(C(Cc2ccccc2)(Cc2ccccc2)c2ccc3ccccc3n2)[nH]1. The predicted molar refractivity (Wildman–Crippen MR) is 368 cm³/mol. The number of aromatic nitrogens is 4. The Labute approximate surface area is 519 Å². The summed E-state index contributed by atoms with van der Waals surface area (Å²) in [5.41, 5.74) is 16.2. The highest BCUT2D eigenvalue weighted by Gasteiger charge is 2.39. The van der Waals surface area contributed by atoms with E-state index in [1.54, 1.807) is 6.07 Å². The summed E-state index contributed by atoms with van der Waals surface area (Å²) >= 11 is 0. The van der Waals surface area contributed by atoms with E-state index in [4.69, 9.17) is 15.0 Å². The van der Waals surface area contributed by atoms with E-state index in [0.717, 1.165) is 92.1 Å². The summed E-state index contributed by atoms with van der Waals surface area (Å²) in [7, 11) is 0. The first-order valence-corrected chi connectivity index (χ1v) is 30.6. The minimum atomic E-state index is -0.535. The van der Waals surface area contributed by atoms with E-state index in [-0.39, 0.29) is 16.4 Å². The van der Waals surface area contributed by atoms with Crippen LogP contribution in [0.5, 0.6) is 0 Å². The standard InChI is InChI=1S/C29H24N2O.C26H26N2.C24H22N2.C2H6/c32-28-17-9-16-26(31-28)29(20-22-10-3-1-4-11-22,21-23-12-5-2-6-13-23)27-19-18-24-14-7-8-15-25(24)30-27;1-4-26(18-21-10-6-5-7-11-21,24-12-8-9-20(3)27-24)25-16-14-22-17-19(2)13-15-23(22)28-25;1-18-9-8-14-22(25-18)24(2,17-19-10-4-3-5-11-19)23-16-15-20-12-6-7-13-21(20)26-23;1-2/h1-19H,20-21H2,(H,31,32);5-17,27H,3-4,18H2,1-2H3;3-16,25H,1,17H2,2H3;1-2H3. The lowest BCUT2D eigenvalue weighted by Crippen LogP contribution is -2.38. The van der Waals surface area contributed by atoms with E-state index in [0.29, 0.717) is 12.8 Å². The molecule has 13 rings (SSSR count). The molecule has 7 heteroatoms. The van der Waals surface area contributed by atoms with Crippen molar-refractivity contribution in [1.29, 1.82) is 0 Å². The second-order valence-corrected chi connectivity index (χ2v) is 22.8. The zero-order chi connectivity index (χ0) is 61.4. The van der Waals surface area contributed by atoms with Crippen LogP contribution in [0.25, 0.3) is 32.7 Å². The quantitative estimate of drug-likeness (QED) is 0.0947. The molecule has 3 N–H and O–H groups in total. The summed E-state index contributed by atoms with van der Waals surface area (Å²) in [6, 6.07) is 83.3. The number of aromatic amines is 1. The summed E-state index contributed by atoms with van der Waals surface area (Å²) in [5.74, 6) is 0. The van der Waals surface area contributed by atoms with Gasteiger partial charge in [-0.25, -0.2) is 0 Å². The van der Waals surface area contributed by atoms with E-state index in [1.165, 1.54) is 33.2 Å². The maximum atomic E-state index is 12.4. The largest absolute Gasteiger partial charge is 0.359 e. The second kappa shape index (κ2) is 28.3. The van der Waals surface area contributed by atoms with Crippen LogP contribution in [-0.4, -0.2) is 19.9 Å². The Balaban J connectivity index is 0.000000145. The summed E-state index contributed by atoms with van der Waals surface area (Å²) in [6.45, 7) is 18.8. The number of aryl methyl sites for hydroxylation is 1. The number of para-hydroxylation sites is 2. The van der Waals surface area contributed by atoms with Crippen molar-refractivity contribution in [2.24, 2.45) is 0 Å². The van der Waals surface area contributed by atoms with Gasteiger partial charge in [-0.2, -0.15) is 0 Å². The fourth-order valence-electron chi connectivity index (χ4n) is 12.1. The molecule has 7 nitrogen and oxygen atoms in total. The van der Waals surface area contributed by atoms with Crippen molar-refractivity contribution in [3.05, 3.63) is 376 Å². The van der Waals surface area contributed by atoms with E-state index in [2.05, 4.69) is 256 Å². The van der Waals surface area contributed by atoms with Crippen LogP contribution < -0.4 is 16.2 Å². The molecule has 438 valence electrons. The molecular formula is C81H78N6O. The Bertz CT molecular complexity index is 4330. The molecule has 6 heterocycles. The maximum Gasteiger partial charge on any atom is 0.248 e. The molecule has 2 atom stereocenters. The number of hydrogen-bond donors (Lipinski definition) is 3. The molecule has 7 aromatic carbocycles. The van der Waals surface area contributed by atoms with Gasteiger partial charge in [-0.05, 0) is 141 Å². The molecule has 88 heavy (non-hydrogen) atoms. The van der Waals surface area contributed by atoms with Crippen LogP contribution in [-0.2, 0) is 41.9 Å². The van der Waals surface area contributed by atoms with Crippen LogP contribution >= 0.6 is 0 Å². The second-order valence-electron chi connectivity index (χ2n) is 22.8. The summed E-state index contributed by atoms with van der Waals surface area (Å²) in [4.78, 5) is 30.8. The number of fused-ring (bicyclic) bond motifs is 3. The van der Waals surface area contributed by atoms with Crippen LogP contribution in [0.4, 0.5) is 0 Å². The third-order valence-corrected chi connectivity index (χ3v) is 16.7. The number of H-pyrrole nitrogens is 1. The van der Waals surface area contributed by atoms with Crippen LogP contribution in [0.15, 0.2) is 320 Å². The van der Waals surface area contributed by atoms with Crippen molar-refractivity contribution < 1.29 is 0 Å². The van der Waals surface area contributed by atoms with Gasteiger partial charge in [0.2, 0.25) is 5.56 Å². The number of nitrogens with zero attached hydrogens (tertiary/aromatic N) is 3.